The lowest BCUT2D eigenvalue weighted by Crippen LogP contribution is -2.06. The first-order chi connectivity index (χ1) is 2.89. The average molecular weight is 86.1 g/mol. The van der Waals surface area contributed by atoms with E-state index in [2.05, 4.69) is 16.1 Å². The molecule has 1 radical (unpaired) electrons. The maximum atomic E-state index is 8.35. The van der Waals surface area contributed by atoms with Gasteiger partial charge in [0.05, 0.1) is 0 Å². The van der Waals surface area contributed by atoms with Crippen LogP contribution in [0.25, 0.3) is 0 Å². The molecule has 1 atom stereocenters. The topological polar surface area (TPSA) is 41.8 Å². The van der Waals surface area contributed by atoms with Crippen molar-refractivity contribution >= 4 is 6.40 Å². The number of hydrogen-bond donors (Lipinski definition) is 1. The maximum absolute atomic E-state index is 8.35. The summed E-state index contributed by atoms with van der Waals surface area (Å²) in [6, 6.07) is 0. The van der Waals surface area contributed by atoms with Crippen molar-refractivity contribution in [3.05, 3.63) is 0 Å². The van der Waals surface area contributed by atoms with Crippen LogP contribution in [0.4, 0.5) is 0 Å². The smallest absolute Gasteiger partial charge is 0.275 e. The highest BCUT2D eigenvalue weighted by molar-refractivity contribution is 5.48. The molecule has 0 saturated heterocycles. The summed E-state index contributed by atoms with van der Waals surface area (Å²) in [4.78, 5) is 3.44. The molecule has 33 valence electrons. The molecule has 1 unspecified atom stereocenters. The number of hydrogen-bond acceptors (Lipinski definition) is 3. The van der Waals surface area contributed by atoms with Gasteiger partial charge < -0.3 is 9.84 Å². The molecule has 1 aliphatic rings. The Hall–Kier alpha value is -0.570. The van der Waals surface area contributed by atoms with Crippen molar-refractivity contribution in [1.29, 1.82) is 0 Å². The number of aliphatic hydroxyl groups excluding tert-OH is 1. The van der Waals surface area contributed by atoms with Crippen molar-refractivity contribution in [2.75, 3.05) is 6.54 Å². The Morgan fingerprint density at radius 1 is 2.00 bits per heavy atom. The highest BCUT2D eigenvalue weighted by Gasteiger charge is 2.05. The zero-order valence-electron chi connectivity index (χ0n) is 3.09. The van der Waals surface area contributed by atoms with Crippen LogP contribution >= 0.6 is 0 Å². The Kier molecular flexibility index (Phi) is 0.759. The molecule has 0 spiro atoms. The van der Waals surface area contributed by atoms with E-state index < -0.39 is 6.29 Å². The molecule has 0 bridgehead atoms. The summed E-state index contributed by atoms with van der Waals surface area (Å²) in [5.74, 6) is 0. The van der Waals surface area contributed by atoms with E-state index in [1.165, 1.54) is 0 Å². The molecule has 0 fully saturated rings. The number of ether oxygens (including phenoxy) is 1. The number of rotatable bonds is 0. The summed E-state index contributed by atoms with van der Waals surface area (Å²) >= 11 is 0. The fourth-order valence-electron chi connectivity index (χ4n) is 0.251. The molecule has 6 heavy (non-hydrogen) atoms. The van der Waals surface area contributed by atoms with Gasteiger partial charge >= 0.3 is 0 Å². The van der Waals surface area contributed by atoms with E-state index in [1.807, 2.05) is 0 Å². The Bertz CT molecular complexity index is 63.2. The lowest BCUT2D eigenvalue weighted by Gasteiger charge is -1.92. The second-order valence-electron chi connectivity index (χ2n) is 1.00. The molecule has 0 amide bonds. The van der Waals surface area contributed by atoms with E-state index in [0.717, 1.165) is 0 Å². The van der Waals surface area contributed by atoms with Crippen molar-refractivity contribution in [3.8, 4) is 0 Å². The predicted molar refractivity (Wildman–Crippen MR) is 19.4 cm³/mol. The summed E-state index contributed by atoms with van der Waals surface area (Å²) in [5.41, 5.74) is 0. The summed E-state index contributed by atoms with van der Waals surface area (Å²) < 4.78 is 4.29. The van der Waals surface area contributed by atoms with Crippen molar-refractivity contribution in [1.82, 2.24) is 0 Å². The maximum Gasteiger partial charge on any atom is 0.275 e. The molecule has 0 saturated carbocycles. The van der Waals surface area contributed by atoms with Crippen LogP contribution in [0, 0.1) is 0 Å². The van der Waals surface area contributed by atoms with Gasteiger partial charge in [-0.1, -0.05) is 0 Å². The van der Waals surface area contributed by atoms with Crippen LogP contribution in [0.5, 0.6) is 0 Å². The van der Waals surface area contributed by atoms with Gasteiger partial charge in [-0.25, -0.2) is 4.99 Å². The van der Waals surface area contributed by atoms with Gasteiger partial charge in [0.1, 0.15) is 6.54 Å². The Balaban J connectivity index is 2.32. The zero-order valence-corrected chi connectivity index (χ0v) is 3.09. The minimum absolute atomic E-state index is 0.333. The molecule has 1 N–H and O–H groups in total. The molecular formula is C3H4NO2. The van der Waals surface area contributed by atoms with Crippen LogP contribution in [0.15, 0.2) is 4.99 Å². The predicted octanol–water partition coefficient (Wildman–Crippen LogP) is -0.760. The minimum atomic E-state index is -0.731. The number of aliphatic imine (C=N–C) groups is 1. The third-order valence-electron chi connectivity index (χ3n) is 0.501. The first-order valence-corrected chi connectivity index (χ1v) is 1.65. The van der Waals surface area contributed by atoms with Crippen LogP contribution in [-0.4, -0.2) is 24.3 Å². The SMILES string of the molecule is OC1CN=[C]O1. The molecule has 1 aliphatic heterocycles. The lowest BCUT2D eigenvalue weighted by atomic mass is 10.7. The summed E-state index contributed by atoms with van der Waals surface area (Å²) in [6.07, 6.45) is 1.42. The molecule has 3 nitrogen and oxygen atoms in total. The largest absolute Gasteiger partial charge is 0.442 e. The van der Waals surface area contributed by atoms with Crippen molar-refractivity contribution in [3.63, 3.8) is 0 Å². The lowest BCUT2D eigenvalue weighted by molar-refractivity contribution is 0.00177. The molecule has 0 aliphatic carbocycles. The molecular weight excluding hydrogens is 82.0 g/mol. The molecule has 1 heterocycles. The van der Waals surface area contributed by atoms with Crippen molar-refractivity contribution < 1.29 is 9.84 Å². The highest BCUT2D eigenvalue weighted by atomic mass is 16.6. The van der Waals surface area contributed by atoms with Gasteiger partial charge in [-0.05, 0) is 0 Å². The summed E-state index contributed by atoms with van der Waals surface area (Å²) in [5, 5.41) is 8.35. The number of nitrogens with zero attached hydrogens (tertiary/aromatic N) is 1. The van der Waals surface area contributed by atoms with Gasteiger partial charge in [0.15, 0.2) is 0 Å². The monoisotopic (exact) mass is 86.0 g/mol. The van der Waals surface area contributed by atoms with E-state index in [0.29, 0.717) is 6.54 Å². The highest BCUT2D eigenvalue weighted by Crippen LogP contribution is 1.90. The minimum Gasteiger partial charge on any atom is -0.442 e. The zero-order chi connectivity index (χ0) is 4.41. The normalized spacial score (nSPS) is 30.5. The van der Waals surface area contributed by atoms with E-state index >= 15 is 0 Å². The second-order valence-corrected chi connectivity index (χ2v) is 1.00. The van der Waals surface area contributed by atoms with Crippen LogP contribution < -0.4 is 0 Å². The van der Waals surface area contributed by atoms with Gasteiger partial charge in [0.2, 0.25) is 6.29 Å². The average Bonchev–Trinajstić information content (AvgIpc) is 1.86. The third kappa shape index (κ3) is 0.490. The Labute approximate surface area is 35.3 Å². The first-order valence-electron chi connectivity index (χ1n) is 1.65. The molecule has 0 aromatic carbocycles. The van der Waals surface area contributed by atoms with Crippen molar-refractivity contribution in [2.45, 2.75) is 6.29 Å². The van der Waals surface area contributed by atoms with Gasteiger partial charge in [-0.3, -0.25) is 0 Å². The fraction of sp³-hybridized carbons (Fsp3) is 0.667. The second kappa shape index (κ2) is 1.26. The van der Waals surface area contributed by atoms with Crippen LogP contribution in [0.1, 0.15) is 0 Å². The van der Waals surface area contributed by atoms with E-state index in [1.54, 1.807) is 0 Å². The van der Waals surface area contributed by atoms with E-state index in [-0.39, 0.29) is 0 Å². The molecule has 0 aromatic rings. The molecule has 1 rings (SSSR count). The first kappa shape index (κ1) is 3.61. The van der Waals surface area contributed by atoms with Crippen molar-refractivity contribution in [2.24, 2.45) is 4.99 Å². The van der Waals surface area contributed by atoms with Crippen LogP contribution in [0.3, 0.4) is 0 Å². The van der Waals surface area contributed by atoms with Gasteiger partial charge in [-0.15, -0.1) is 0 Å². The van der Waals surface area contributed by atoms with Gasteiger partial charge in [-0.2, -0.15) is 0 Å². The third-order valence-corrected chi connectivity index (χ3v) is 0.501. The quantitative estimate of drug-likeness (QED) is 0.421. The standard InChI is InChI=1S/C3H4NO2/c5-3-1-4-2-6-3/h3,5H,1H2. The Morgan fingerprint density at radius 3 is 3.00 bits per heavy atom. The number of aliphatic hydroxyl groups is 1. The summed E-state index contributed by atoms with van der Waals surface area (Å²) in [7, 11) is 0. The van der Waals surface area contributed by atoms with Gasteiger partial charge in [0, 0.05) is 0 Å². The van der Waals surface area contributed by atoms with Crippen LogP contribution in [0.2, 0.25) is 0 Å². The Morgan fingerprint density at radius 2 is 2.83 bits per heavy atom. The molecule has 3 heteroatoms. The fourth-order valence-corrected chi connectivity index (χ4v) is 0.251. The van der Waals surface area contributed by atoms with E-state index in [9.17, 15) is 0 Å². The molecule has 0 aromatic heterocycles. The van der Waals surface area contributed by atoms with E-state index in [4.69, 9.17) is 5.11 Å². The van der Waals surface area contributed by atoms with Gasteiger partial charge in [0.25, 0.3) is 6.40 Å². The summed E-state index contributed by atoms with van der Waals surface area (Å²) in [6.45, 7) is 0.333. The van der Waals surface area contributed by atoms with Crippen LogP contribution in [-0.2, 0) is 4.74 Å².